The molecule has 8 nitrogen and oxygen atoms in total. The number of carbonyl (C=O) groups excluding carboxylic acids is 1. The number of nitrogens with zero attached hydrogens (tertiary/aromatic N) is 3. The second kappa shape index (κ2) is 9.49. The van der Waals surface area contributed by atoms with Gasteiger partial charge in [-0.05, 0) is 41.1 Å². The molecule has 4 aromatic rings. The van der Waals surface area contributed by atoms with Crippen molar-refractivity contribution in [2.45, 2.75) is 4.90 Å². The molecule has 9 heteroatoms. The lowest BCUT2D eigenvalue weighted by molar-refractivity contribution is -0.119. The fraction of sp³-hybridized carbons (Fsp3) is 0.0417. The van der Waals surface area contributed by atoms with Crippen LogP contribution in [0.4, 0.5) is 5.69 Å². The number of aromatic hydroxyl groups is 1. The molecule has 166 valence electrons. The minimum absolute atomic E-state index is 0.00957. The Bertz CT molecular complexity index is 1410. The van der Waals surface area contributed by atoms with Crippen LogP contribution in [0.1, 0.15) is 5.56 Å². The predicted octanol–water partition coefficient (Wildman–Crippen LogP) is 3.29. The fourth-order valence-corrected chi connectivity index (χ4v) is 4.72. The van der Waals surface area contributed by atoms with E-state index in [2.05, 4.69) is 15.5 Å². The molecule has 0 aliphatic heterocycles. The molecule has 33 heavy (non-hydrogen) atoms. The number of aromatic nitrogens is 1. The highest BCUT2D eigenvalue weighted by Gasteiger charge is 2.27. The van der Waals surface area contributed by atoms with E-state index in [9.17, 15) is 18.3 Å². The maximum absolute atomic E-state index is 13.2. The number of fused-ring (bicyclic) bond motifs is 1. The van der Waals surface area contributed by atoms with E-state index in [1.54, 1.807) is 42.5 Å². The van der Waals surface area contributed by atoms with Crippen molar-refractivity contribution in [1.29, 1.82) is 0 Å². The van der Waals surface area contributed by atoms with Crippen LogP contribution in [0.25, 0.3) is 10.8 Å². The van der Waals surface area contributed by atoms with Gasteiger partial charge in [-0.15, -0.1) is 0 Å². The molecule has 4 rings (SSSR count). The van der Waals surface area contributed by atoms with Gasteiger partial charge in [0.1, 0.15) is 12.3 Å². The fourth-order valence-electron chi connectivity index (χ4n) is 3.29. The molecular formula is C24H20N4O4S. The van der Waals surface area contributed by atoms with Crippen molar-refractivity contribution in [2.24, 2.45) is 5.10 Å². The molecule has 0 fully saturated rings. The lowest BCUT2D eigenvalue weighted by atomic mass is 10.0. The first-order chi connectivity index (χ1) is 16.0. The molecule has 1 amide bonds. The number of phenolic OH excluding ortho intramolecular Hbond substituents is 1. The first-order valence-electron chi connectivity index (χ1n) is 9.97. The first-order valence-corrected chi connectivity index (χ1v) is 11.4. The van der Waals surface area contributed by atoms with Gasteiger partial charge in [-0.2, -0.15) is 5.10 Å². The standard InChI is InChI=1S/C24H20N4O4S/c29-23-13-12-18-7-4-5-11-21(18)22(23)16-26-27-24(30)17-28(19-8-6-14-25-15-19)33(31,32)20-9-2-1-3-10-20/h1-16,29H,17H2,(H,27,30)/b26-16+. The molecule has 0 spiro atoms. The summed E-state index contributed by atoms with van der Waals surface area (Å²) in [5.74, 6) is -0.648. The van der Waals surface area contributed by atoms with E-state index in [1.165, 1.54) is 30.7 Å². The zero-order valence-corrected chi connectivity index (χ0v) is 18.2. The van der Waals surface area contributed by atoms with E-state index < -0.39 is 22.5 Å². The summed E-state index contributed by atoms with van der Waals surface area (Å²) in [6.45, 7) is -0.512. The van der Waals surface area contributed by atoms with Crippen LogP contribution in [-0.4, -0.2) is 37.2 Å². The number of pyridine rings is 1. The van der Waals surface area contributed by atoms with E-state index in [4.69, 9.17) is 0 Å². The van der Waals surface area contributed by atoms with Gasteiger partial charge in [0.25, 0.3) is 15.9 Å². The largest absolute Gasteiger partial charge is 0.507 e. The summed E-state index contributed by atoms with van der Waals surface area (Å²) in [7, 11) is -4.02. The summed E-state index contributed by atoms with van der Waals surface area (Å²) in [5, 5.41) is 15.8. The third-order valence-corrected chi connectivity index (χ3v) is 6.67. The molecule has 0 saturated carbocycles. The summed E-state index contributed by atoms with van der Waals surface area (Å²) in [6.07, 6.45) is 4.21. The number of hydrazone groups is 1. The number of carbonyl (C=O) groups is 1. The van der Waals surface area contributed by atoms with Gasteiger partial charge in [0, 0.05) is 11.8 Å². The number of benzene rings is 3. The summed E-state index contributed by atoms with van der Waals surface area (Å²) >= 11 is 0. The molecule has 1 heterocycles. The Hall–Kier alpha value is -4.24. The van der Waals surface area contributed by atoms with Gasteiger partial charge in [0.2, 0.25) is 0 Å². The van der Waals surface area contributed by atoms with Crippen LogP contribution in [-0.2, 0) is 14.8 Å². The van der Waals surface area contributed by atoms with Crippen molar-refractivity contribution in [3.05, 3.63) is 96.8 Å². The highest BCUT2D eigenvalue weighted by molar-refractivity contribution is 7.92. The number of amides is 1. The van der Waals surface area contributed by atoms with E-state index >= 15 is 0 Å². The predicted molar refractivity (Wildman–Crippen MR) is 127 cm³/mol. The average Bonchev–Trinajstić information content (AvgIpc) is 2.85. The molecule has 0 atom stereocenters. The molecular weight excluding hydrogens is 440 g/mol. The topological polar surface area (TPSA) is 112 Å². The minimum Gasteiger partial charge on any atom is -0.507 e. The van der Waals surface area contributed by atoms with Crippen LogP contribution in [0.15, 0.2) is 101 Å². The summed E-state index contributed by atoms with van der Waals surface area (Å²) in [5.41, 5.74) is 3.02. The normalized spacial score (nSPS) is 11.5. The SMILES string of the molecule is O=C(CN(c1cccnc1)S(=O)(=O)c1ccccc1)N/N=C/c1c(O)ccc2ccccc12. The number of phenols is 1. The number of rotatable bonds is 7. The molecule has 0 saturated heterocycles. The zero-order chi connectivity index (χ0) is 23.3. The van der Waals surface area contributed by atoms with Crippen LogP contribution in [0.3, 0.4) is 0 Å². The van der Waals surface area contributed by atoms with E-state index in [1.807, 2.05) is 24.3 Å². The number of nitrogens with one attached hydrogen (secondary N) is 1. The summed E-state index contributed by atoms with van der Waals surface area (Å²) in [6, 6.07) is 21.7. The molecule has 0 bridgehead atoms. The van der Waals surface area contributed by atoms with Gasteiger partial charge in [0.05, 0.1) is 23.0 Å². The molecule has 0 radical (unpaired) electrons. The zero-order valence-electron chi connectivity index (χ0n) is 17.4. The van der Waals surface area contributed by atoms with Crippen LogP contribution < -0.4 is 9.73 Å². The Labute approximate surface area is 190 Å². The molecule has 0 aliphatic carbocycles. The van der Waals surface area contributed by atoms with Crippen LogP contribution in [0.5, 0.6) is 5.75 Å². The van der Waals surface area contributed by atoms with Crippen LogP contribution in [0.2, 0.25) is 0 Å². The van der Waals surface area contributed by atoms with Crippen LogP contribution in [0, 0.1) is 0 Å². The summed E-state index contributed by atoms with van der Waals surface area (Å²) < 4.78 is 27.4. The number of sulfonamides is 1. The van der Waals surface area contributed by atoms with Crippen molar-refractivity contribution in [1.82, 2.24) is 10.4 Å². The van der Waals surface area contributed by atoms with E-state index in [0.717, 1.165) is 15.1 Å². The lowest BCUT2D eigenvalue weighted by Crippen LogP contribution is -2.39. The third-order valence-electron chi connectivity index (χ3n) is 4.88. The van der Waals surface area contributed by atoms with Gasteiger partial charge in [0.15, 0.2) is 0 Å². The number of anilines is 1. The molecule has 0 unspecified atom stereocenters. The van der Waals surface area contributed by atoms with Gasteiger partial charge in [-0.3, -0.25) is 14.1 Å². The second-order valence-electron chi connectivity index (χ2n) is 7.05. The third kappa shape index (κ3) is 4.83. The number of hydrogen-bond acceptors (Lipinski definition) is 6. The Balaban J connectivity index is 1.57. The quantitative estimate of drug-likeness (QED) is 0.325. The Morgan fingerprint density at radius 3 is 2.52 bits per heavy atom. The maximum Gasteiger partial charge on any atom is 0.264 e. The van der Waals surface area contributed by atoms with Gasteiger partial charge >= 0.3 is 0 Å². The van der Waals surface area contributed by atoms with E-state index in [0.29, 0.717) is 5.56 Å². The lowest BCUT2D eigenvalue weighted by Gasteiger charge is -2.23. The van der Waals surface area contributed by atoms with Gasteiger partial charge in [-0.1, -0.05) is 48.5 Å². The van der Waals surface area contributed by atoms with E-state index in [-0.39, 0.29) is 16.3 Å². The highest BCUT2D eigenvalue weighted by atomic mass is 32.2. The molecule has 1 aromatic heterocycles. The summed E-state index contributed by atoms with van der Waals surface area (Å²) in [4.78, 5) is 16.6. The monoisotopic (exact) mass is 460 g/mol. The van der Waals surface area contributed by atoms with Crippen LogP contribution >= 0.6 is 0 Å². The van der Waals surface area contributed by atoms with Gasteiger partial charge < -0.3 is 5.11 Å². The molecule has 3 aromatic carbocycles. The Kier molecular flexibility index (Phi) is 6.32. The minimum atomic E-state index is -4.02. The first kappa shape index (κ1) is 22.0. The van der Waals surface area contributed by atoms with Crippen molar-refractivity contribution in [3.63, 3.8) is 0 Å². The van der Waals surface area contributed by atoms with Crippen molar-refractivity contribution in [2.75, 3.05) is 10.8 Å². The smallest absolute Gasteiger partial charge is 0.264 e. The Morgan fingerprint density at radius 1 is 1.00 bits per heavy atom. The van der Waals surface area contributed by atoms with Crippen molar-refractivity contribution >= 4 is 38.6 Å². The molecule has 0 aliphatic rings. The van der Waals surface area contributed by atoms with Crippen molar-refractivity contribution in [3.8, 4) is 5.75 Å². The van der Waals surface area contributed by atoms with Gasteiger partial charge in [-0.25, -0.2) is 13.8 Å². The number of hydrogen-bond donors (Lipinski definition) is 2. The highest BCUT2D eigenvalue weighted by Crippen LogP contribution is 2.25. The van der Waals surface area contributed by atoms with Crippen molar-refractivity contribution < 1.29 is 18.3 Å². The molecule has 2 N–H and O–H groups in total. The maximum atomic E-state index is 13.2. The second-order valence-corrected chi connectivity index (χ2v) is 8.91. The Morgan fingerprint density at radius 2 is 1.76 bits per heavy atom. The average molecular weight is 461 g/mol.